The molecule has 0 radical (unpaired) electrons. The molecule has 0 saturated carbocycles. The van der Waals surface area contributed by atoms with Crippen molar-refractivity contribution in [3.05, 3.63) is 41.0 Å². The van der Waals surface area contributed by atoms with Gasteiger partial charge in [-0.25, -0.2) is 4.98 Å². The van der Waals surface area contributed by atoms with Crippen molar-refractivity contribution >= 4 is 29.1 Å². The lowest BCUT2D eigenvalue weighted by Crippen LogP contribution is -2.13. The molecule has 4 nitrogen and oxygen atoms in total. The molecule has 0 unspecified atom stereocenters. The van der Waals surface area contributed by atoms with E-state index in [1.165, 1.54) is 5.56 Å². The molecule has 0 aliphatic rings. The van der Waals surface area contributed by atoms with Gasteiger partial charge in [0, 0.05) is 19.8 Å². The molecule has 1 heterocycles. The van der Waals surface area contributed by atoms with E-state index in [4.69, 9.17) is 11.6 Å². The van der Waals surface area contributed by atoms with E-state index in [0.29, 0.717) is 16.8 Å². The standard InChI is InChI=1S/C14H17ClN4/c1-4-10-5-7-11(8-6-10)19(3)13-12(15)9-17-14(16-2)18-13/h5-9H,4H2,1-3H3,(H,16,17,18). The zero-order chi connectivity index (χ0) is 13.8. The van der Waals surface area contributed by atoms with Gasteiger partial charge in [-0.15, -0.1) is 0 Å². The van der Waals surface area contributed by atoms with Crippen LogP contribution in [-0.4, -0.2) is 24.1 Å². The van der Waals surface area contributed by atoms with Crippen molar-refractivity contribution in [2.45, 2.75) is 13.3 Å². The van der Waals surface area contributed by atoms with Crippen LogP contribution in [-0.2, 0) is 6.42 Å². The van der Waals surface area contributed by atoms with Gasteiger partial charge in [0.1, 0.15) is 5.02 Å². The Morgan fingerprint density at radius 1 is 1.26 bits per heavy atom. The van der Waals surface area contributed by atoms with E-state index in [1.54, 1.807) is 13.2 Å². The summed E-state index contributed by atoms with van der Waals surface area (Å²) in [7, 11) is 3.72. The molecule has 100 valence electrons. The second-order valence-electron chi connectivity index (χ2n) is 4.19. The van der Waals surface area contributed by atoms with Gasteiger partial charge in [-0.3, -0.25) is 0 Å². The molecule has 0 saturated heterocycles. The molecule has 1 aromatic heterocycles. The summed E-state index contributed by atoms with van der Waals surface area (Å²) in [6, 6.07) is 8.35. The van der Waals surface area contributed by atoms with Crippen LogP contribution in [0.2, 0.25) is 5.02 Å². The Bertz CT molecular complexity index is 554. The monoisotopic (exact) mass is 276 g/mol. The summed E-state index contributed by atoms with van der Waals surface area (Å²) < 4.78 is 0. The number of hydrogen-bond donors (Lipinski definition) is 1. The van der Waals surface area contributed by atoms with Gasteiger partial charge in [0.15, 0.2) is 5.82 Å². The fourth-order valence-electron chi connectivity index (χ4n) is 1.79. The Labute approximate surface area is 118 Å². The Kier molecular flexibility index (Phi) is 4.22. The van der Waals surface area contributed by atoms with Crippen molar-refractivity contribution in [2.24, 2.45) is 0 Å². The number of anilines is 3. The second kappa shape index (κ2) is 5.89. The van der Waals surface area contributed by atoms with Crippen LogP contribution >= 0.6 is 11.6 Å². The molecule has 5 heteroatoms. The highest BCUT2D eigenvalue weighted by Gasteiger charge is 2.11. The highest BCUT2D eigenvalue weighted by Crippen LogP contribution is 2.29. The Balaban J connectivity index is 2.34. The molecule has 0 fully saturated rings. The molecule has 0 aliphatic carbocycles. The number of nitrogens with one attached hydrogen (secondary N) is 1. The van der Waals surface area contributed by atoms with Crippen LogP contribution in [0.5, 0.6) is 0 Å². The first-order chi connectivity index (χ1) is 9.15. The largest absolute Gasteiger partial charge is 0.357 e. The third kappa shape index (κ3) is 2.96. The highest BCUT2D eigenvalue weighted by atomic mass is 35.5. The first-order valence-corrected chi connectivity index (χ1v) is 6.56. The second-order valence-corrected chi connectivity index (χ2v) is 4.60. The van der Waals surface area contributed by atoms with Crippen molar-refractivity contribution in [1.82, 2.24) is 9.97 Å². The average molecular weight is 277 g/mol. The van der Waals surface area contributed by atoms with Gasteiger partial charge < -0.3 is 10.2 Å². The summed E-state index contributed by atoms with van der Waals surface area (Å²) in [6.07, 6.45) is 2.63. The summed E-state index contributed by atoms with van der Waals surface area (Å²) >= 11 is 6.16. The van der Waals surface area contributed by atoms with Crippen LogP contribution in [0.4, 0.5) is 17.5 Å². The maximum absolute atomic E-state index is 6.16. The zero-order valence-electron chi connectivity index (χ0n) is 11.3. The van der Waals surface area contributed by atoms with E-state index in [9.17, 15) is 0 Å². The van der Waals surface area contributed by atoms with E-state index in [0.717, 1.165) is 12.1 Å². The van der Waals surface area contributed by atoms with E-state index in [1.807, 2.05) is 11.9 Å². The van der Waals surface area contributed by atoms with E-state index < -0.39 is 0 Å². The lowest BCUT2D eigenvalue weighted by atomic mass is 10.1. The summed E-state index contributed by atoms with van der Waals surface area (Å²) in [4.78, 5) is 10.4. The summed E-state index contributed by atoms with van der Waals surface area (Å²) in [5.41, 5.74) is 2.35. The molecule has 0 amide bonds. The quantitative estimate of drug-likeness (QED) is 0.928. The van der Waals surface area contributed by atoms with Gasteiger partial charge in [-0.05, 0) is 24.1 Å². The van der Waals surface area contributed by atoms with Crippen LogP contribution in [0.25, 0.3) is 0 Å². The smallest absolute Gasteiger partial charge is 0.224 e. The van der Waals surface area contributed by atoms with Gasteiger partial charge >= 0.3 is 0 Å². The van der Waals surface area contributed by atoms with Gasteiger partial charge in [0.25, 0.3) is 0 Å². The predicted molar refractivity (Wildman–Crippen MR) is 80.5 cm³/mol. The molecule has 0 bridgehead atoms. The van der Waals surface area contributed by atoms with Gasteiger partial charge in [-0.2, -0.15) is 4.98 Å². The number of benzene rings is 1. The third-order valence-corrected chi connectivity index (χ3v) is 3.27. The highest BCUT2D eigenvalue weighted by molar-refractivity contribution is 6.33. The fraction of sp³-hybridized carbons (Fsp3) is 0.286. The predicted octanol–water partition coefficient (Wildman–Crippen LogP) is 3.50. The minimum absolute atomic E-state index is 0.529. The van der Waals surface area contributed by atoms with Crippen LogP contribution in [0.1, 0.15) is 12.5 Å². The van der Waals surface area contributed by atoms with E-state index >= 15 is 0 Å². The topological polar surface area (TPSA) is 41.1 Å². The summed E-state index contributed by atoms with van der Waals surface area (Å²) in [6.45, 7) is 2.14. The molecule has 1 aromatic carbocycles. The zero-order valence-corrected chi connectivity index (χ0v) is 12.1. The van der Waals surface area contributed by atoms with Crippen molar-refractivity contribution in [3.63, 3.8) is 0 Å². The minimum Gasteiger partial charge on any atom is -0.357 e. The van der Waals surface area contributed by atoms with Crippen molar-refractivity contribution < 1.29 is 0 Å². The molecule has 19 heavy (non-hydrogen) atoms. The molecule has 2 rings (SSSR count). The maximum Gasteiger partial charge on any atom is 0.224 e. The normalized spacial score (nSPS) is 10.3. The molecular formula is C14H17ClN4. The first kappa shape index (κ1) is 13.6. The Morgan fingerprint density at radius 3 is 2.53 bits per heavy atom. The molecule has 0 atom stereocenters. The molecule has 2 aromatic rings. The van der Waals surface area contributed by atoms with E-state index in [2.05, 4.69) is 46.5 Å². The Morgan fingerprint density at radius 2 is 1.95 bits per heavy atom. The molecular weight excluding hydrogens is 260 g/mol. The van der Waals surface area contributed by atoms with Gasteiger partial charge in [0.2, 0.25) is 5.95 Å². The minimum atomic E-state index is 0.529. The van der Waals surface area contributed by atoms with Crippen LogP contribution in [0.3, 0.4) is 0 Å². The lowest BCUT2D eigenvalue weighted by molar-refractivity contribution is 1.07. The average Bonchev–Trinajstić information content (AvgIpc) is 2.47. The third-order valence-electron chi connectivity index (χ3n) is 3.00. The van der Waals surface area contributed by atoms with E-state index in [-0.39, 0.29) is 0 Å². The fourth-order valence-corrected chi connectivity index (χ4v) is 2.01. The molecule has 1 N–H and O–H groups in total. The summed E-state index contributed by atoms with van der Waals surface area (Å²) in [5.74, 6) is 1.24. The van der Waals surface area contributed by atoms with Crippen molar-refractivity contribution in [1.29, 1.82) is 0 Å². The summed E-state index contributed by atoms with van der Waals surface area (Å²) in [5, 5.41) is 3.44. The lowest BCUT2D eigenvalue weighted by Gasteiger charge is -2.20. The number of rotatable bonds is 4. The Hall–Kier alpha value is -1.81. The SMILES string of the molecule is CCc1ccc(N(C)c2nc(NC)ncc2Cl)cc1. The van der Waals surface area contributed by atoms with Gasteiger partial charge in [0.05, 0.1) is 6.20 Å². The molecule has 0 aliphatic heterocycles. The maximum atomic E-state index is 6.16. The number of halogens is 1. The number of aryl methyl sites for hydroxylation is 1. The van der Waals surface area contributed by atoms with Crippen LogP contribution < -0.4 is 10.2 Å². The first-order valence-electron chi connectivity index (χ1n) is 6.18. The van der Waals surface area contributed by atoms with Crippen LogP contribution in [0.15, 0.2) is 30.5 Å². The molecule has 0 spiro atoms. The van der Waals surface area contributed by atoms with Gasteiger partial charge in [-0.1, -0.05) is 30.7 Å². The number of hydrogen-bond acceptors (Lipinski definition) is 4. The van der Waals surface area contributed by atoms with Crippen LogP contribution in [0, 0.1) is 0 Å². The van der Waals surface area contributed by atoms with Crippen molar-refractivity contribution in [3.8, 4) is 0 Å². The van der Waals surface area contributed by atoms with Crippen molar-refractivity contribution in [2.75, 3.05) is 24.3 Å². The number of nitrogens with zero attached hydrogens (tertiary/aromatic N) is 3. The number of aromatic nitrogens is 2.